The van der Waals surface area contributed by atoms with Crippen LogP contribution < -0.4 is 9.64 Å². The number of aromatic nitrogens is 1. The van der Waals surface area contributed by atoms with E-state index in [0.29, 0.717) is 6.54 Å². The number of pyridine rings is 1. The number of nitrogens with zero attached hydrogens (tertiary/aromatic N) is 2. The molecule has 0 bridgehead atoms. The van der Waals surface area contributed by atoms with Crippen molar-refractivity contribution in [3.8, 4) is 5.75 Å². The average Bonchev–Trinajstić information content (AvgIpc) is 2.45. The molecule has 1 aromatic heterocycles. The molecule has 1 atom stereocenters. The molecular formula is C15H18N2O3. The van der Waals surface area contributed by atoms with Crippen LogP contribution in [0.3, 0.4) is 0 Å². The number of carbonyl (C=O) groups is 1. The first-order valence-corrected chi connectivity index (χ1v) is 6.40. The number of fused-ring (bicyclic) bond motifs is 1. The summed E-state index contributed by atoms with van der Waals surface area (Å²) < 4.78 is 5.34. The Morgan fingerprint density at radius 1 is 1.40 bits per heavy atom. The molecule has 0 aliphatic heterocycles. The quantitative estimate of drug-likeness (QED) is 0.907. The third-order valence-corrected chi connectivity index (χ3v) is 3.30. The molecule has 1 heterocycles. The van der Waals surface area contributed by atoms with Gasteiger partial charge in [-0.3, -0.25) is 4.79 Å². The highest BCUT2D eigenvalue weighted by Gasteiger charge is 2.16. The van der Waals surface area contributed by atoms with Gasteiger partial charge in [-0.1, -0.05) is 19.1 Å². The van der Waals surface area contributed by atoms with E-state index in [1.807, 2.05) is 36.2 Å². The molecule has 0 saturated heterocycles. The Morgan fingerprint density at radius 3 is 2.80 bits per heavy atom. The third-order valence-electron chi connectivity index (χ3n) is 3.30. The Hall–Kier alpha value is -2.30. The predicted octanol–water partition coefficient (Wildman–Crippen LogP) is 2.40. The maximum atomic E-state index is 11.0. The van der Waals surface area contributed by atoms with Gasteiger partial charge in [0.1, 0.15) is 11.6 Å². The molecule has 0 aliphatic carbocycles. The van der Waals surface area contributed by atoms with E-state index >= 15 is 0 Å². The van der Waals surface area contributed by atoms with Crippen LogP contribution >= 0.6 is 0 Å². The number of hydrogen-bond donors (Lipinski definition) is 1. The number of hydrogen-bond acceptors (Lipinski definition) is 4. The predicted molar refractivity (Wildman–Crippen MR) is 78.4 cm³/mol. The van der Waals surface area contributed by atoms with Crippen molar-refractivity contribution in [3.05, 3.63) is 30.5 Å². The lowest BCUT2D eigenvalue weighted by Gasteiger charge is -2.22. The van der Waals surface area contributed by atoms with Gasteiger partial charge in [0.15, 0.2) is 0 Å². The SMILES string of the molecule is COc1cccc2c(N(C)CC(C)C(=O)O)nccc12. The monoisotopic (exact) mass is 274 g/mol. The van der Waals surface area contributed by atoms with Crippen molar-refractivity contribution < 1.29 is 14.6 Å². The summed E-state index contributed by atoms with van der Waals surface area (Å²) in [6.45, 7) is 2.09. The van der Waals surface area contributed by atoms with Gasteiger partial charge in [0.25, 0.3) is 0 Å². The van der Waals surface area contributed by atoms with Gasteiger partial charge < -0.3 is 14.7 Å². The van der Waals surface area contributed by atoms with Crippen molar-refractivity contribution in [2.45, 2.75) is 6.92 Å². The minimum absolute atomic E-state index is 0.401. The first-order valence-electron chi connectivity index (χ1n) is 6.40. The van der Waals surface area contributed by atoms with Crippen molar-refractivity contribution in [2.75, 3.05) is 25.6 Å². The minimum atomic E-state index is -0.810. The average molecular weight is 274 g/mol. The number of benzene rings is 1. The van der Waals surface area contributed by atoms with Gasteiger partial charge in [0, 0.05) is 30.6 Å². The molecule has 0 fully saturated rings. The largest absolute Gasteiger partial charge is 0.496 e. The van der Waals surface area contributed by atoms with Crippen LogP contribution in [0.2, 0.25) is 0 Å². The molecule has 106 valence electrons. The van der Waals surface area contributed by atoms with E-state index in [-0.39, 0.29) is 0 Å². The minimum Gasteiger partial charge on any atom is -0.496 e. The van der Waals surface area contributed by atoms with E-state index in [9.17, 15) is 4.79 Å². The van der Waals surface area contributed by atoms with Gasteiger partial charge in [-0.2, -0.15) is 0 Å². The smallest absolute Gasteiger partial charge is 0.308 e. The molecule has 0 radical (unpaired) electrons. The molecule has 1 unspecified atom stereocenters. The first-order chi connectivity index (χ1) is 9.54. The van der Waals surface area contributed by atoms with Gasteiger partial charge in [-0.15, -0.1) is 0 Å². The van der Waals surface area contributed by atoms with Gasteiger partial charge in [-0.05, 0) is 12.1 Å². The van der Waals surface area contributed by atoms with E-state index < -0.39 is 11.9 Å². The van der Waals surface area contributed by atoms with Crippen LogP contribution in [-0.2, 0) is 4.79 Å². The molecule has 0 spiro atoms. The summed E-state index contributed by atoms with van der Waals surface area (Å²) >= 11 is 0. The molecule has 1 N–H and O–H groups in total. The van der Waals surface area contributed by atoms with Crippen LogP contribution in [0.4, 0.5) is 5.82 Å². The third kappa shape index (κ3) is 2.66. The zero-order chi connectivity index (χ0) is 14.7. The zero-order valence-electron chi connectivity index (χ0n) is 11.8. The Labute approximate surface area is 117 Å². The molecule has 0 aliphatic rings. The summed E-state index contributed by atoms with van der Waals surface area (Å²) in [7, 11) is 3.48. The zero-order valence-corrected chi connectivity index (χ0v) is 11.8. The molecular weight excluding hydrogens is 256 g/mol. The summed E-state index contributed by atoms with van der Waals surface area (Å²) in [5.74, 6) is 0.276. The van der Waals surface area contributed by atoms with E-state index in [1.165, 1.54) is 0 Å². The van der Waals surface area contributed by atoms with Crippen LogP contribution in [0, 0.1) is 5.92 Å². The number of anilines is 1. The number of methoxy groups -OCH3 is 1. The fourth-order valence-corrected chi connectivity index (χ4v) is 2.22. The summed E-state index contributed by atoms with van der Waals surface area (Å²) in [6, 6.07) is 7.65. The second-order valence-corrected chi connectivity index (χ2v) is 4.81. The Morgan fingerprint density at radius 2 is 2.15 bits per heavy atom. The normalized spacial score (nSPS) is 12.2. The van der Waals surface area contributed by atoms with Crippen LogP contribution in [0.5, 0.6) is 5.75 Å². The highest BCUT2D eigenvalue weighted by molar-refractivity contribution is 5.96. The summed E-state index contributed by atoms with van der Waals surface area (Å²) in [4.78, 5) is 17.2. The highest BCUT2D eigenvalue weighted by atomic mass is 16.5. The van der Waals surface area contributed by atoms with E-state index in [2.05, 4.69) is 4.98 Å². The number of aliphatic carboxylic acids is 1. The lowest BCUT2D eigenvalue weighted by atomic mass is 10.1. The van der Waals surface area contributed by atoms with Gasteiger partial charge in [-0.25, -0.2) is 4.98 Å². The number of rotatable bonds is 5. The van der Waals surface area contributed by atoms with Crippen molar-refractivity contribution in [2.24, 2.45) is 5.92 Å². The molecule has 2 rings (SSSR count). The van der Waals surface area contributed by atoms with Gasteiger partial charge in [0.05, 0.1) is 13.0 Å². The Balaban J connectivity index is 2.42. The molecule has 0 saturated carbocycles. The van der Waals surface area contributed by atoms with E-state index in [4.69, 9.17) is 9.84 Å². The topological polar surface area (TPSA) is 62.7 Å². The Bertz CT molecular complexity index is 628. The Kier molecular flexibility index (Phi) is 4.08. The van der Waals surface area contributed by atoms with E-state index in [0.717, 1.165) is 22.3 Å². The number of carboxylic acids is 1. The van der Waals surface area contributed by atoms with Gasteiger partial charge >= 0.3 is 5.97 Å². The van der Waals surface area contributed by atoms with Crippen molar-refractivity contribution in [3.63, 3.8) is 0 Å². The van der Waals surface area contributed by atoms with Crippen molar-refractivity contribution in [1.82, 2.24) is 4.98 Å². The maximum Gasteiger partial charge on any atom is 0.308 e. The molecule has 5 heteroatoms. The molecule has 2 aromatic rings. The highest BCUT2D eigenvalue weighted by Crippen LogP contribution is 2.30. The maximum absolute atomic E-state index is 11.0. The number of ether oxygens (including phenoxy) is 1. The fraction of sp³-hybridized carbons (Fsp3) is 0.333. The summed E-state index contributed by atoms with van der Waals surface area (Å²) in [5, 5.41) is 10.9. The lowest BCUT2D eigenvalue weighted by molar-refractivity contribution is -0.140. The van der Waals surface area contributed by atoms with Crippen LogP contribution in [0.15, 0.2) is 30.5 Å². The van der Waals surface area contributed by atoms with Crippen LogP contribution in [0.25, 0.3) is 10.8 Å². The van der Waals surface area contributed by atoms with Crippen molar-refractivity contribution >= 4 is 22.6 Å². The first kappa shape index (κ1) is 14.1. The van der Waals surface area contributed by atoms with Gasteiger partial charge in [0.2, 0.25) is 0 Å². The molecule has 20 heavy (non-hydrogen) atoms. The van der Waals surface area contributed by atoms with Crippen molar-refractivity contribution in [1.29, 1.82) is 0 Å². The molecule has 1 aromatic carbocycles. The molecule has 5 nitrogen and oxygen atoms in total. The standard InChI is InChI=1S/C15H18N2O3/c1-10(15(18)19)9-17(2)14-12-5-4-6-13(20-3)11(12)7-8-16-14/h4-8,10H,9H2,1-3H3,(H,18,19). The van der Waals surface area contributed by atoms with Crippen LogP contribution in [0.1, 0.15) is 6.92 Å². The molecule has 0 amide bonds. The summed E-state index contributed by atoms with van der Waals surface area (Å²) in [6.07, 6.45) is 1.71. The number of carboxylic acid groups (broad SMARTS) is 1. The second kappa shape index (κ2) is 5.77. The summed E-state index contributed by atoms with van der Waals surface area (Å²) in [5.41, 5.74) is 0. The fourth-order valence-electron chi connectivity index (χ4n) is 2.22. The van der Waals surface area contributed by atoms with Crippen LogP contribution in [-0.4, -0.2) is 36.8 Å². The second-order valence-electron chi connectivity index (χ2n) is 4.81. The lowest BCUT2D eigenvalue weighted by Crippen LogP contribution is -2.29. The van der Waals surface area contributed by atoms with E-state index in [1.54, 1.807) is 20.2 Å².